The van der Waals surface area contributed by atoms with Crippen molar-refractivity contribution in [2.24, 2.45) is 11.7 Å². The van der Waals surface area contributed by atoms with Crippen LogP contribution in [0.2, 0.25) is 0 Å². The van der Waals surface area contributed by atoms with Crippen molar-refractivity contribution in [1.29, 1.82) is 0 Å². The minimum atomic E-state index is 0.371. The summed E-state index contributed by atoms with van der Waals surface area (Å²) in [6.45, 7) is 5.88. The smallest absolute Gasteiger partial charge is 0.134 e. The lowest BCUT2D eigenvalue weighted by Gasteiger charge is -2.20. The number of nitrogens with two attached hydrogens (primary N) is 1. The Morgan fingerprint density at radius 3 is 2.80 bits per heavy atom. The third kappa shape index (κ3) is 4.26. The maximum Gasteiger partial charge on any atom is 0.134 e. The monoisotopic (exact) mass is 272 g/mol. The number of rotatable bonds is 6. The summed E-state index contributed by atoms with van der Waals surface area (Å²) in [5, 5.41) is 0. The van der Waals surface area contributed by atoms with E-state index >= 15 is 0 Å². The molecule has 3 heteroatoms. The van der Waals surface area contributed by atoms with Crippen molar-refractivity contribution in [2.75, 3.05) is 26.7 Å². The van der Waals surface area contributed by atoms with E-state index < -0.39 is 0 Å². The van der Waals surface area contributed by atoms with Crippen LogP contribution in [-0.4, -0.2) is 31.6 Å². The first-order valence-corrected chi connectivity index (χ1v) is 7.35. The Kier molecular flexibility index (Phi) is 5.46. The molecule has 2 N–H and O–H groups in total. The zero-order valence-corrected chi connectivity index (χ0v) is 12.5. The average molecular weight is 272 g/mol. The Labute approximate surface area is 122 Å². The molecule has 1 aromatic rings. The van der Waals surface area contributed by atoms with E-state index in [0.29, 0.717) is 6.54 Å². The molecule has 3 nitrogen and oxygen atoms in total. The van der Waals surface area contributed by atoms with E-state index in [1.54, 1.807) is 7.11 Å². The summed E-state index contributed by atoms with van der Waals surface area (Å²) >= 11 is 0. The Morgan fingerprint density at radius 2 is 2.20 bits per heavy atom. The lowest BCUT2D eigenvalue weighted by atomic mass is 10.1. The highest BCUT2D eigenvalue weighted by Gasteiger charge is 2.23. The summed E-state index contributed by atoms with van der Waals surface area (Å²) in [6.07, 6.45) is 2.79. The van der Waals surface area contributed by atoms with Crippen molar-refractivity contribution in [3.05, 3.63) is 29.3 Å². The van der Waals surface area contributed by atoms with Crippen molar-refractivity contribution in [3.8, 4) is 17.6 Å². The SMILES string of the molecule is CCN(Cc1ccc(OC)c(C#CCN)c1)CC1CC1. The molecule has 0 atom stereocenters. The van der Waals surface area contributed by atoms with E-state index in [1.165, 1.54) is 24.9 Å². The highest BCUT2D eigenvalue weighted by atomic mass is 16.5. The molecular formula is C17H24N2O. The Bertz CT molecular complexity index is 497. The molecule has 0 amide bonds. The fraction of sp³-hybridized carbons (Fsp3) is 0.529. The predicted octanol–water partition coefficient (Wildman–Crippen LogP) is 2.24. The van der Waals surface area contributed by atoms with Crippen LogP contribution in [0.25, 0.3) is 0 Å². The first-order chi connectivity index (χ1) is 9.76. The number of hydrogen-bond acceptors (Lipinski definition) is 3. The van der Waals surface area contributed by atoms with Gasteiger partial charge in [0.25, 0.3) is 0 Å². The van der Waals surface area contributed by atoms with Crippen LogP contribution < -0.4 is 10.5 Å². The van der Waals surface area contributed by atoms with Gasteiger partial charge in [-0.3, -0.25) is 4.90 Å². The summed E-state index contributed by atoms with van der Waals surface area (Å²) in [7, 11) is 1.67. The van der Waals surface area contributed by atoms with E-state index in [1.807, 2.05) is 6.07 Å². The zero-order chi connectivity index (χ0) is 14.4. The maximum atomic E-state index is 5.45. The molecule has 0 spiro atoms. The van der Waals surface area contributed by atoms with Gasteiger partial charge in [-0.15, -0.1) is 0 Å². The van der Waals surface area contributed by atoms with Crippen LogP contribution in [0.4, 0.5) is 0 Å². The van der Waals surface area contributed by atoms with Gasteiger partial charge in [0.2, 0.25) is 0 Å². The fourth-order valence-electron chi connectivity index (χ4n) is 2.33. The number of ether oxygens (including phenoxy) is 1. The highest BCUT2D eigenvalue weighted by molar-refractivity contribution is 5.48. The van der Waals surface area contributed by atoms with Gasteiger partial charge in [0.1, 0.15) is 5.75 Å². The van der Waals surface area contributed by atoms with Gasteiger partial charge < -0.3 is 10.5 Å². The summed E-state index contributed by atoms with van der Waals surface area (Å²) in [4.78, 5) is 2.50. The largest absolute Gasteiger partial charge is 0.495 e. The van der Waals surface area contributed by atoms with Gasteiger partial charge in [-0.25, -0.2) is 0 Å². The van der Waals surface area contributed by atoms with Crippen LogP contribution in [0.3, 0.4) is 0 Å². The molecule has 0 bridgehead atoms. The van der Waals surface area contributed by atoms with Crippen molar-refractivity contribution in [3.63, 3.8) is 0 Å². The van der Waals surface area contributed by atoms with Gasteiger partial charge in [0.15, 0.2) is 0 Å². The summed E-state index contributed by atoms with van der Waals surface area (Å²) in [6, 6.07) is 6.25. The summed E-state index contributed by atoms with van der Waals surface area (Å²) in [5.74, 6) is 7.73. The topological polar surface area (TPSA) is 38.5 Å². The quantitative estimate of drug-likeness (QED) is 0.807. The van der Waals surface area contributed by atoms with Gasteiger partial charge >= 0.3 is 0 Å². The van der Waals surface area contributed by atoms with Gasteiger partial charge in [0, 0.05) is 13.1 Å². The molecule has 1 aromatic carbocycles. The molecule has 0 aromatic heterocycles. The average Bonchev–Trinajstić information content (AvgIpc) is 3.28. The first kappa shape index (κ1) is 14.9. The van der Waals surface area contributed by atoms with E-state index in [-0.39, 0.29) is 0 Å². The molecule has 0 heterocycles. The summed E-state index contributed by atoms with van der Waals surface area (Å²) in [5.41, 5.74) is 7.66. The van der Waals surface area contributed by atoms with Crippen LogP contribution in [0.15, 0.2) is 18.2 Å². The fourth-order valence-corrected chi connectivity index (χ4v) is 2.33. The number of hydrogen-bond donors (Lipinski definition) is 1. The molecule has 1 saturated carbocycles. The molecule has 1 fully saturated rings. The predicted molar refractivity (Wildman–Crippen MR) is 82.6 cm³/mol. The lowest BCUT2D eigenvalue weighted by Crippen LogP contribution is -2.25. The van der Waals surface area contributed by atoms with Crippen molar-refractivity contribution >= 4 is 0 Å². The molecule has 0 radical (unpaired) electrons. The van der Waals surface area contributed by atoms with Crippen LogP contribution in [-0.2, 0) is 6.54 Å². The second kappa shape index (κ2) is 7.33. The van der Waals surface area contributed by atoms with E-state index in [9.17, 15) is 0 Å². The standard InChI is InChI=1S/C17H24N2O/c1-3-19(12-14-6-7-14)13-15-8-9-17(20-2)16(11-15)5-4-10-18/h8-9,11,14H,3,6-7,10,12-13,18H2,1-2H3. The molecule has 1 aliphatic rings. The van der Waals surface area contributed by atoms with E-state index in [2.05, 4.69) is 35.8 Å². The van der Waals surface area contributed by atoms with Crippen molar-refractivity contribution in [2.45, 2.75) is 26.3 Å². The molecule has 0 saturated heterocycles. The van der Waals surface area contributed by atoms with Crippen LogP contribution in [0.1, 0.15) is 30.9 Å². The molecule has 1 aliphatic carbocycles. The normalized spacial score (nSPS) is 14.0. The number of benzene rings is 1. The Morgan fingerprint density at radius 1 is 1.40 bits per heavy atom. The molecule has 0 aliphatic heterocycles. The highest BCUT2D eigenvalue weighted by Crippen LogP contribution is 2.30. The second-order valence-electron chi connectivity index (χ2n) is 5.31. The number of methoxy groups -OCH3 is 1. The Hall–Kier alpha value is -1.50. The third-order valence-corrected chi connectivity index (χ3v) is 3.66. The van der Waals surface area contributed by atoms with E-state index in [4.69, 9.17) is 10.5 Å². The van der Waals surface area contributed by atoms with Crippen LogP contribution in [0.5, 0.6) is 5.75 Å². The maximum absolute atomic E-state index is 5.45. The third-order valence-electron chi connectivity index (χ3n) is 3.66. The first-order valence-electron chi connectivity index (χ1n) is 7.35. The van der Waals surface area contributed by atoms with E-state index in [0.717, 1.165) is 30.3 Å². The molecule has 108 valence electrons. The summed E-state index contributed by atoms with van der Waals surface area (Å²) < 4.78 is 5.35. The Balaban J connectivity index is 2.10. The van der Waals surface area contributed by atoms with Gasteiger partial charge in [-0.1, -0.05) is 24.8 Å². The number of nitrogens with zero attached hydrogens (tertiary/aromatic N) is 1. The minimum Gasteiger partial charge on any atom is -0.495 e. The van der Waals surface area contributed by atoms with Gasteiger partial charge in [-0.2, -0.15) is 0 Å². The lowest BCUT2D eigenvalue weighted by molar-refractivity contribution is 0.268. The van der Waals surface area contributed by atoms with Crippen molar-refractivity contribution in [1.82, 2.24) is 4.90 Å². The minimum absolute atomic E-state index is 0.371. The second-order valence-corrected chi connectivity index (χ2v) is 5.31. The van der Waals surface area contributed by atoms with Gasteiger partial charge in [0.05, 0.1) is 19.2 Å². The van der Waals surface area contributed by atoms with Gasteiger partial charge in [-0.05, 0) is 43.0 Å². The van der Waals surface area contributed by atoms with Crippen LogP contribution >= 0.6 is 0 Å². The molecular weight excluding hydrogens is 248 g/mol. The zero-order valence-electron chi connectivity index (χ0n) is 12.5. The van der Waals surface area contributed by atoms with Crippen molar-refractivity contribution < 1.29 is 4.74 Å². The molecule has 2 rings (SSSR count). The molecule has 0 unspecified atom stereocenters. The molecule has 20 heavy (non-hydrogen) atoms. The van der Waals surface area contributed by atoms with Crippen LogP contribution in [0, 0.1) is 17.8 Å².